The van der Waals surface area contributed by atoms with Gasteiger partial charge in [-0.2, -0.15) is 0 Å². The molecular formula is C25H42Cl2N6O5. The van der Waals surface area contributed by atoms with Crippen LogP contribution in [0, 0.1) is 17.3 Å². The number of amides is 5. The Morgan fingerprint density at radius 3 is 2.00 bits per heavy atom. The second kappa shape index (κ2) is 13.3. The van der Waals surface area contributed by atoms with E-state index in [1.54, 1.807) is 13.8 Å². The molecule has 0 bridgehead atoms. The lowest BCUT2D eigenvalue weighted by Crippen LogP contribution is -2.63. The molecule has 0 aromatic heterocycles. The number of carbonyl (C=O) groups excluding carboxylic acids is 5. The van der Waals surface area contributed by atoms with Gasteiger partial charge in [-0.1, -0.05) is 41.0 Å². The second-order valence-corrected chi connectivity index (χ2v) is 12.8. The van der Waals surface area contributed by atoms with E-state index in [1.807, 2.05) is 27.7 Å². The van der Waals surface area contributed by atoms with E-state index in [4.69, 9.17) is 28.9 Å². The highest BCUT2D eigenvalue weighted by Crippen LogP contribution is 2.33. The molecular weight excluding hydrogens is 535 g/mol. The number of nitrogens with two attached hydrogens (primary N) is 1. The van der Waals surface area contributed by atoms with E-state index in [9.17, 15) is 24.0 Å². The van der Waals surface area contributed by atoms with Crippen molar-refractivity contribution in [1.82, 2.24) is 26.2 Å². The molecule has 5 atom stereocenters. The summed E-state index contributed by atoms with van der Waals surface area (Å²) in [5.74, 6) is -4.26. The maximum absolute atomic E-state index is 13.7. The van der Waals surface area contributed by atoms with Crippen molar-refractivity contribution in [2.24, 2.45) is 23.0 Å². The molecule has 1 aliphatic heterocycles. The molecule has 0 radical (unpaired) electrons. The first-order chi connectivity index (χ1) is 17.5. The Morgan fingerprint density at radius 2 is 1.55 bits per heavy atom. The minimum absolute atomic E-state index is 0.0435. The molecule has 38 heavy (non-hydrogen) atoms. The molecule has 2 rings (SSSR count). The first-order valence-electron chi connectivity index (χ1n) is 13.1. The molecule has 0 aromatic carbocycles. The van der Waals surface area contributed by atoms with Crippen LogP contribution in [0.2, 0.25) is 0 Å². The van der Waals surface area contributed by atoms with Crippen molar-refractivity contribution in [3.63, 3.8) is 0 Å². The maximum Gasteiger partial charge on any atom is 0.315 e. The molecule has 2 fully saturated rings. The summed E-state index contributed by atoms with van der Waals surface area (Å²) >= 11 is 12.4. The van der Waals surface area contributed by atoms with Gasteiger partial charge in [0.05, 0.1) is 0 Å². The highest BCUT2D eigenvalue weighted by atomic mass is 35.5. The Kier molecular flexibility index (Phi) is 11.2. The maximum atomic E-state index is 13.7. The molecule has 0 spiro atoms. The number of Topliss-reactive ketones (excluding diaryl/α,β-unsaturated/α-hetero) is 1. The van der Waals surface area contributed by atoms with Crippen molar-refractivity contribution in [1.29, 1.82) is 0 Å². The van der Waals surface area contributed by atoms with Crippen molar-refractivity contribution >= 4 is 52.7 Å². The minimum Gasteiger partial charge on any atom is -0.363 e. The lowest BCUT2D eigenvalue weighted by molar-refractivity contribution is -0.143. The predicted molar refractivity (Wildman–Crippen MR) is 145 cm³/mol. The lowest BCUT2D eigenvalue weighted by atomic mass is 9.88. The molecule has 2 aliphatic rings. The van der Waals surface area contributed by atoms with Crippen LogP contribution < -0.4 is 27.0 Å². The van der Waals surface area contributed by atoms with Crippen molar-refractivity contribution < 1.29 is 24.0 Å². The number of carbonyl (C=O) groups is 5. The number of primary amides is 1. The number of alkyl halides is 2. The number of hydrogen-bond acceptors (Lipinski definition) is 6. The Balaban J connectivity index is 2.25. The molecule has 4 unspecified atom stereocenters. The van der Waals surface area contributed by atoms with Gasteiger partial charge in [0.1, 0.15) is 23.1 Å². The van der Waals surface area contributed by atoms with Crippen LogP contribution in [0.25, 0.3) is 0 Å². The standard InChI is InChI=1S/C25H42Cl2N6O5/c1-12(2)16(31-24(38)29-13(3)25(4,5)6)23(37)33-11-10-15(19(26)27)17(33)22(36)32-21(18(34)20(28)35)30-14-8-7-9-14/h12-17,19,21,30H,7-11H2,1-6H3,(H2,28,35)(H,32,36)(H2,29,31,38)/t13?,15-,16?,17?,21?/m0/s1. The zero-order valence-electron chi connectivity index (χ0n) is 23.0. The molecule has 1 heterocycles. The van der Waals surface area contributed by atoms with E-state index >= 15 is 0 Å². The summed E-state index contributed by atoms with van der Waals surface area (Å²) in [7, 11) is 0. The van der Waals surface area contributed by atoms with Gasteiger partial charge in [-0.25, -0.2) is 4.79 Å². The van der Waals surface area contributed by atoms with Gasteiger partial charge < -0.3 is 26.6 Å². The van der Waals surface area contributed by atoms with Gasteiger partial charge in [-0.05, 0) is 37.5 Å². The van der Waals surface area contributed by atoms with Gasteiger partial charge in [-0.15, -0.1) is 23.2 Å². The zero-order valence-corrected chi connectivity index (χ0v) is 24.5. The Labute approximate surface area is 234 Å². The number of nitrogens with one attached hydrogen (secondary N) is 4. The molecule has 1 saturated heterocycles. The fourth-order valence-corrected chi connectivity index (χ4v) is 4.84. The third kappa shape index (κ3) is 8.19. The summed E-state index contributed by atoms with van der Waals surface area (Å²) < 4.78 is 0. The van der Waals surface area contributed by atoms with Crippen LogP contribution in [0.3, 0.4) is 0 Å². The fourth-order valence-electron chi connectivity index (χ4n) is 4.31. The highest BCUT2D eigenvalue weighted by Gasteiger charge is 2.47. The van der Waals surface area contributed by atoms with Gasteiger partial charge in [-0.3, -0.25) is 24.5 Å². The monoisotopic (exact) mass is 576 g/mol. The van der Waals surface area contributed by atoms with Crippen molar-refractivity contribution in [3.05, 3.63) is 0 Å². The third-order valence-electron chi connectivity index (χ3n) is 7.49. The van der Waals surface area contributed by atoms with Crippen LogP contribution in [-0.4, -0.2) is 76.1 Å². The van der Waals surface area contributed by atoms with Crippen LogP contribution in [0.5, 0.6) is 0 Å². The van der Waals surface area contributed by atoms with Crippen LogP contribution >= 0.6 is 23.2 Å². The number of urea groups is 1. The van der Waals surface area contributed by atoms with Crippen LogP contribution in [0.15, 0.2) is 0 Å². The van der Waals surface area contributed by atoms with Crippen molar-refractivity contribution in [2.75, 3.05) is 6.54 Å². The molecule has 216 valence electrons. The molecule has 1 aliphatic carbocycles. The summed E-state index contributed by atoms with van der Waals surface area (Å²) in [6.07, 6.45) is 1.54. The second-order valence-electron chi connectivity index (χ2n) is 11.7. The van der Waals surface area contributed by atoms with Crippen LogP contribution in [-0.2, 0) is 19.2 Å². The number of ketones is 1. The van der Waals surface area contributed by atoms with E-state index in [-0.39, 0.29) is 30.0 Å². The van der Waals surface area contributed by atoms with Gasteiger partial charge in [0.15, 0.2) is 0 Å². The average molecular weight is 578 g/mol. The quantitative estimate of drug-likeness (QED) is 0.142. The first kappa shape index (κ1) is 32.1. The topological polar surface area (TPSA) is 163 Å². The van der Waals surface area contributed by atoms with Crippen molar-refractivity contribution in [3.8, 4) is 0 Å². The summed E-state index contributed by atoms with van der Waals surface area (Å²) in [5, 5.41) is 11.1. The number of hydrogen-bond donors (Lipinski definition) is 5. The van der Waals surface area contributed by atoms with Crippen LogP contribution in [0.4, 0.5) is 4.79 Å². The van der Waals surface area contributed by atoms with E-state index in [0.717, 1.165) is 19.3 Å². The average Bonchev–Trinajstić information content (AvgIpc) is 3.22. The molecule has 6 N–H and O–H groups in total. The summed E-state index contributed by atoms with van der Waals surface area (Å²) in [6, 6.07) is -2.76. The van der Waals surface area contributed by atoms with Gasteiger partial charge >= 0.3 is 6.03 Å². The molecule has 0 aromatic rings. The first-order valence-corrected chi connectivity index (χ1v) is 14.0. The number of rotatable bonds is 11. The lowest BCUT2D eigenvalue weighted by Gasteiger charge is -2.35. The largest absolute Gasteiger partial charge is 0.363 e. The van der Waals surface area contributed by atoms with E-state index in [1.165, 1.54) is 4.90 Å². The van der Waals surface area contributed by atoms with E-state index in [0.29, 0.717) is 6.42 Å². The Morgan fingerprint density at radius 1 is 0.947 bits per heavy atom. The Bertz CT molecular complexity index is 905. The van der Waals surface area contributed by atoms with E-state index in [2.05, 4.69) is 21.3 Å². The Hall–Kier alpha value is -2.11. The summed E-state index contributed by atoms with van der Waals surface area (Å²) in [4.78, 5) is 64.4. The fraction of sp³-hybridized carbons (Fsp3) is 0.800. The zero-order chi connectivity index (χ0) is 28.9. The smallest absolute Gasteiger partial charge is 0.315 e. The highest BCUT2D eigenvalue weighted by molar-refractivity contribution is 6.44. The van der Waals surface area contributed by atoms with E-state index < -0.39 is 58.5 Å². The molecule has 11 nitrogen and oxygen atoms in total. The number of nitrogens with zero attached hydrogens (tertiary/aromatic N) is 1. The summed E-state index contributed by atoms with van der Waals surface area (Å²) in [6.45, 7) is 11.6. The summed E-state index contributed by atoms with van der Waals surface area (Å²) in [5.41, 5.74) is 5.01. The number of likely N-dealkylation sites (tertiary alicyclic amines) is 1. The van der Waals surface area contributed by atoms with Gasteiger partial charge in [0.2, 0.25) is 11.8 Å². The predicted octanol–water partition coefficient (Wildman–Crippen LogP) is 1.40. The minimum atomic E-state index is -1.34. The molecule has 1 saturated carbocycles. The SMILES string of the molecule is CC(C)C(NC(=O)NC(C)C(C)(C)C)C(=O)N1CC[C@H](C(Cl)Cl)C1C(=O)NC(NC1CCC1)C(=O)C(N)=O. The number of halogens is 2. The van der Waals surface area contributed by atoms with Gasteiger partial charge in [0, 0.05) is 24.5 Å². The van der Waals surface area contributed by atoms with Crippen molar-refractivity contribution in [2.45, 2.75) is 102 Å². The van der Waals surface area contributed by atoms with Gasteiger partial charge in [0.25, 0.3) is 11.7 Å². The normalized spacial score (nSPS) is 22.4. The molecule has 5 amide bonds. The third-order valence-corrected chi connectivity index (χ3v) is 8.13. The van der Waals surface area contributed by atoms with Crippen LogP contribution in [0.1, 0.15) is 67.2 Å². The molecule has 13 heteroatoms.